The van der Waals surface area contributed by atoms with Gasteiger partial charge in [-0.05, 0) is 34.0 Å². The highest BCUT2D eigenvalue weighted by Gasteiger charge is 2.05. The molecule has 1 atom stereocenters. The van der Waals surface area contributed by atoms with Crippen LogP contribution in [0.5, 0.6) is 0 Å². The van der Waals surface area contributed by atoms with Gasteiger partial charge in [0.1, 0.15) is 0 Å². The Hall–Kier alpha value is -0.610. The van der Waals surface area contributed by atoms with Crippen LogP contribution in [-0.4, -0.2) is 63.0 Å². The van der Waals surface area contributed by atoms with E-state index in [9.17, 15) is 4.79 Å². The lowest BCUT2D eigenvalue weighted by atomic mass is 10.2. The molecule has 0 fully saturated rings. The molecule has 4 nitrogen and oxygen atoms in total. The molecule has 0 aromatic heterocycles. The van der Waals surface area contributed by atoms with Crippen LogP contribution >= 0.6 is 0 Å². The number of rotatable bonds is 7. The van der Waals surface area contributed by atoms with E-state index in [1.165, 1.54) is 0 Å². The number of amides is 1. The summed E-state index contributed by atoms with van der Waals surface area (Å²) in [4.78, 5) is 15.1. The SMILES string of the molecule is CC(CCN(C)C)NCCC(=O)N(C)C. The van der Waals surface area contributed by atoms with E-state index in [-0.39, 0.29) is 5.91 Å². The second kappa shape index (κ2) is 7.65. The molecule has 0 radical (unpaired) electrons. The summed E-state index contributed by atoms with van der Waals surface area (Å²) in [7, 11) is 7.72. The molecule has 0 aliphatic heterocycles. The van der Waals surface area contributed by atoms with Crippen LogP contribution in [0.2, 0.25) is 0 Å². The Labute approximate surface area is 93.6 Å². The third-order valence-electron chi connectivity index (χ3n) is 2.34. The first-order valence-electron chi connectivity index (χ1n) is 5.51. The first-order valence-corrected chi connectivity index (χ1v) is 5.51. The molecule has 0 saturated carbocycles. The Morgan fingerprint density at radius 2 is 1.87 bits per heavy atom. The Morgan fingerprint density at radius 1 is 1.27 bits per heavy atom. The lowest BCUT2D eigenvalue weighted by Crippen LogP contribution is -2.33. The molecule has 0 aromatic rings. The zero-order valence-electron chi connectivity index (χ0n) is 10.7. The lowest BCUT2D eigenvalue weighted by Gasteiger charge is -2.17. The van der Waals surface area contributed by atoms with Crippen molar-refractivity contribution >= 4 is 5.91 Å². The smallest absolute Gasteiger partial charge is 0.223 e. The highest BCUT2D eigenvalue weighted by atomic mass is 16.2. The van der Waals surface area contributed by atoms with E-state index in [0.29, 0.717) is 12.5 Å². The Morgan fingerprint density at radius 3 is 2.33 bits per heavy atom. The molecule has 1 N–H and O–H groups in total. The number of hydrogen-bond donors (Lipinski definition) is 1. The van der Waals surface area contributed by atoms with E-state index in [1.807, 2.05) is 0 Å². The molecule has 1 unspecified atom stereocenters. The van der Waals surface area contributed by atoms with E-state index in [0.717, 1.165) is 19.5 Å². The monoisotopic (exact) mass is 215 g/mol. The van der Waals surface area contributed by atoms with Gasteiger partial charge in [0.15, 0.2) is 0 Å². The van der Waals surface area contributed by atoms with Crippen LogP contribution in [-0.2, 0) is 4.79 Å². The van der Waals surface area contributed by atoms with Gasteiger partial charge in [0.25, 0.3) is 0 Å². The molecule has 0 heterocycles. The maximum absolute atomic E-state index is 11.3. The maximum atomic E-state index is 11.3. The average Bonchev–Trinajstić information content (AvgIpc) is 2.14. The predicted octanol–water partition coefficient (Wildman–Crippen LogP) is 0.395. The molecule has 4 heteroatoms. The zero-order chi connectivity index (χ0) is 11.8. The van der Waals surface area contributed by atoms with Crippen LogP contribution in [0.1, 0.15) is 19.8 Å². The van der Waals surface area contributed by atoms with Crippen LogP contribution in [0.25, 0.3) is 0 Å². The highest BCUT2D eigenvalue weighted by Crippen LogP contribution is 1.93. The molecular weight excluding hydrogens is 190 g/mol. The molecule has 90 valence electrons. The quantitative estimate of drug-likeness (QED) is 0.667. The zero-order valence-corrected chi connectivity index (χ0v) is 10.7. The fourth-order valence-corrected chi connectivity index (χ4v) is 1.20. The van der Waals surface area contributed by atoms with Gasteiger partial charge in [0, 0.05) is 33.1 Å². The van der Waals surface area contributed by atoms with Gasteiger partial charge in [-0.1, -0.05) is 0 Å². The number of nitrogens with one attached hydrogen (secondary N) is 1. The third-order valence-corrected chi connectivity index (χ3v) is 2.34. The molecule has 15 heavy (non-hydrogen) atoms. The van der Waals surface area contributed by atoms with Crippen molar-refractivity contribution in [2.24, 2.45) is 0 Å². The van der Waals surface area contributed by atoms with Crippen molar-refractivity contribution in [3.8, 4) is 0 Å². The van der Waals surface area contributed by atoms with E-state index in [1.54, 1.807) is 19.0 Å². The third kappa shape index (κ3) is 8.39. The summed E-state index contributed by atoms with van der Waals surface area (Å²) >= 11 is 0. The van der Waals surface area contributed by atoms with Gasteiger partial charge >= 0.3 is 0 Å². The summed E-state index contributed by atoms with van der Waals surface area (Å²) in [6, 6.07) is 0.474. The number of hydrogen-bond acceptors (Lipinski definition) is 3. The topological polar surface area (TPSA) is 35.6 Å². The van der Waals surface area contributed by atoms with Crippen molar-refractivity contribution in [1.82, 2.24) is 15.1 Å². The van der Waals surface area contributed by atoms with Crippen molar-refractivity contribution in [3.05, 3.63) is 0 Å². The molecule has 0 aliphatic rings. The van der Waals surface area contributed by atoms with Gasteiger partial charge < -0.3 is 15.1 Å². The second-order valence-corrected chi connectivity index (χ2v) is 4.49. The fraction of sp³-hybridized carbons (Fsp3) is 0.909. The predicted molar refractivity (Wildman–Crippen MR) is 63.9 cm³/mol. The van der Waals surface area contributed by atoms with Gasteiger partial charge in [-0.3, -0.25) is 4.79 Å². The summed E-state index contributed by atoms with van der Waals surface area (Å²) in [6.07, 6.45) is 1.70. The normalized spacial score (nSPS) is 12.9. The Balaban J connectivity index is 3.46. The van der Waals surface area contributed by atoms with E-state index < -0.39 is 0 Å². The number of carbonyl (C=O) groups excluding carboxylic acids is 1. The van der Waals surface area contributed by atoms with Crippen LogP contribution in [0, 0.1) is 0 Å². The minimum Gasteiger partial charge on any atom is -0.349 e. The van der Waals surface area contributed by atoms with Gasteiger partial charge in [0.05, 0.1) is 0 Å². The van der Waals surface area contributed by atoms with Crippen LogP contribution < -0.4 is 5.32 Å². The molecule has 1 amide bonds. The van der Waals surface area contributed by atoms with Crippen molar-refractivity contribution in [1.29, 1.82) is 0 Å². The highest BCUT2D eigenvalue weighted by molar-refractivity contribution is 5.75. The first-order chi connectivity index (χ1) is 6.93. The largest absolute Gasteiger partial charge is 0.349 e. The molecule has 0 saturated heterocycles. The summed E-state index contributed by atoms with van der Waals surface area (Å²) in [5.74, 6) is 0.183. The lowest BCUT2D eigenvalue weighted by molar-refractivity contribution is -0.128. The molecule has 0 aliphatic carbocycles. The molecule has 0 bridgehead atoms. The summed E-state index contributed by atoms with van der Waals surface area (Å²) in [6.45, 7) is 4.00. The van der Waals surface area contributed by atoms with Crippen molar-refractivity contribution in [2.75, 3.05) is 41.3 Å². The number of carbonyl (C=O) groups is 1. The van der Waals surface area contributed by atoms with Gasteiger partial charge in [-0.2, -0.15) is 0 Å². The Bertz CT molecular complexity index is 181. The van der Waals surface area contributed by atoms with Crippen molar-refractivity contribution < 1.29 is 4.79 Å². The fourth-order valence-electron chi connectivity index (χ4n) is 1.20. The standard InChI is InChI=1S/C11H25N3O/c1-10(7-9-13(2)3)12-8-6-11(15)14(4)5/h10,12H,6-9H2,1-5H3. The van der Waals surface area contributed by atoms with Crippen LogP contribution in [0.3, 0.4) is 0 Å². The Kier molecular flexibility index (Phi) is 7.34. The first kappa shape index (κ1) is 14.4. The van der Waals surface area contributed by atoms with E-state index in [2.05, 4.69) is 31.2 Å². The summed E-state index contributed by atoms with van der Waals surface area (Å²) < 4.78 is 0. The van der Waals surface area contributed by atoms with E-state index in [4.69, 9.17) is 0 Å². The van der Waals surface area contributed by atoms with Crippen LogP contribution in [0.4, 0.5) is 0 Å². The minimum atomic E-state index is 0.183. The minimum absolute atomic E-state index is 0.183. The molecule has 0 aromatic carbocycles. The van der Waals surface area contributed by atoms with E-state index >= 15 is 0 Å². The summed E-state index contributed by atoms with van der Waals surface area (Å²) in [5.41, 5.74) is 0. The molecular formula is C11H25N3O. The van der Waals surface area contributed by atoms with Crippen molar-refractivity contribution in [2.45, 2.75) is 25.8 Å². The van der Waals surface area contributed by atoms with Crippen LogP contribution in [0.15, 0.2) is 0 Å². The van der Waals surface area contributed by atoms with Gasteiger partial charge in [0.2, 0.25) is 5.91 Å². The van der Waals surface area contributed by atoms with Gasteiger partial charge in [-0.25, -0.2) is 0 Å². The van der Waals surface area contributed by atoms with Crippen molar-refractivity contribution in [3.63, 3.8) is 0 Å². The second-order valence-electron chi connectivity index (χ2n) is 4.49. The number of nitrogens with zero attached hydrogens (tertiary/aromatic N) is 2. The maximum Gasteiger partial charge on any atom is 0.223 e. The van der Waals surface area contributed by atoms with Gasteiger partial charge in [-0.15, -0.1) is 0 Å². The molecule has 0 spiro atoms. The molecule has 0 rings (SSSR count). The average molecular weight is 215 g/mol. The summed E-state index contributed by atoms with van der Waals surface area (Å²) in [5, 5.41) is 3.35.